The zero-order chi connectivity index (χ0) is 25.1. The topological polar surface area (TPSA) is 135 Å². The number of fused-ring (bicyclic) bond motifs is 6. The van der Waals surface area contributed by atoms with Crippen molar-refractivity contribution in [3.63, 3.8) is 0 Å². The van der Waals surface area contributed by atoms with Crippen LogP contribution in [-0.4, -0.2) is 43.4 Å². The molecule has 3 heterocycles. The zero-order valence-corrected chi connectivity index (χ0v) is 20.6. The van der Waals surface area contributed by atoms with Crippen molar-refractivity contribution in [1.82, 2.24) is 28.9 Å². The predicted molar refractivity (Wildman–Crippen MR) is 131 cm³/mol. The summed E-state index contributed by atoms with van der Waals surface area (Å²) in [7, 11) is -3.83. The second-order valence-corrected chi connectivity index (χ2v) is 11.9. The van der Waals surface area contributed by atoms with Crippen molar-refractivity contribution in [2.75, 3.05) is 0 Å². The number of benzene rings is 1. The van der Waals surface area contributed by atoms with Crippen LogP contribution in [0.1, 0.15) is 56.3 Å². The molecule has 3 aliphatic rings. The van der Waals surface area contributed by atoms with Crippen LogP contribution in [0.2, 0.25) is 0 Å². The summed E-state index contributed by atoms with van der Waals surface area (Å²) in [5, 5.41) is 20.9. The molecule has 10 nitrogen and oxygen atoms in total. The molecule has 4 aromatic rings. The van der Waals surface area contributed by atoms with Gasteiger partial charge in [-0.15, -0.1) is 10.2 Å². The number of nitriles is 1. The number of hydrogen-bond acceptors (Lipinski definition) is 7. The maximum absolute atomic E-state index is 13.4. The Bertz CT molecular complexity index is 1640. The fraction of sp³-hybridized carbons (Fsp3) is 0.400. The average Bonchev–Trinajstić information content (AvgIpc) is 3.50. The van der Waals surface area contributed by atoms with Gasteiger partial charge in [-0.05, 0) is 63.6 Å². The monoisotopic (exact) mass is 503 g/mol. The normalized spacial score (nSPS) is 23.7. The Morgan fingerprint density at radius 1 is 1.08 bits per heavy atom. The summed E-state index contributed by atoms with van der Waals surface area (Å²) in [6.45, 7) is 1.91. The minimum Gasteiger partial charge on any atom is -0.350 e. The molecule has 36 heavy (non-hydrogen) atoms. The Morgan fingerprint density at radius 2 is 1.78 bits per heavy atom. The van der Waals surface area contributed by atoms with E-state index in [4.69, 9.17) is 5.26 Å². The molecule has 1 amide bonds. The molecule has 3 saturated carbocycles. The number of hydrogen-bond donors (Lipinski definition) is 1. The molecule has 0 atom stereocenters. The molecule has 7 rings (SSSR count). The van der Waals surface area contributed by atoms with Gasteiger partial charge in [0.25, 0.3) is 10.0 Å². The first-order valence-electron chi connectivity index (χ1n) is 12.0. The quantitative estimate of drug-likeness (QED) is 0.442. The van der Waals surface area contributed by atoms with Crippen LogP contribution < -0.4 is 5.32 Å². The average molecular weight is 504 g/mol. The SMILES string of the molecule is Cc1ccc(S(=O)(=O)n2ccc3c2ncc2nnc(C45CCC(NC(=O)CC#N)(CC4)CC5)n23)cc1. The fourth-order valence-corrected chi connectivity index (χ4v) is 7.21. The molecular weight excluding hydrogens is 478 g/mol. The molecule has 184 valence electrons. The number of aryl methyl sites for hydroxylation is 1. The van der Waals surface area contributed by atoms with E-state index in [2.05, 4.69) is 20.5 Å². The highest BCUT2D eigenvalue weighted by molar-refractivity contribution is 7.90. The number of nitrogens with one attached hydrogen (secondary N) is 1. The maximum Gasteiger partial charge on any atom is 0.269 e. The van der Waals surface area contributed by atoms with E-state index in [1.807, 2.05) is 17.4 Å². The van der Waals surface area contributed by atoms with Crippen LogP contribution >= 0.6 is 0 Å². The third-order valence-electron chi connectivity index (χ3n) is 7.98. The van der Waals surface area contributed by atoms with Gasteiger partial charge in [-0.25, -0.2) is 17.4 Å². The molecule has 3 fully saturated rings. The van der Waals surface area contributed by atoms with Crippen LogP contribution in [0, 0.1) is 18.3 Å². The molecule has 11 heteroatoms. The molecule has 0 radical (unpaired) electrons. The van der Waals surface area contributed by atoms with Crippen LogP contribution in [0.15, 0.2) is 47.6 Å². The van der Waals surface area contributed by atoms with Crippen molar-refractivity contribution in [3.05, 3.63) is 54.1 Å². The van der Waals surface area contributed by atoms with E-state index in [0.717, 1.165) is 49.9 Å². The Morgan fingerprint density at radius 3 is 2.44 bits per heavy atom. The van der Waals surface area contributed by atoms with E-state index in [1.165, 1.54) is 10.2 Å². The summed E-state index contributed by atoms with van der Waals surface area (Å²) in [6, 6.07) is 10.4. The zero-order valence-electron chi connectivity index (χ0n) is 19.8. The Kier molecular flexibility index (Phi) is 4.95. The minimum atomic E-state index is -3.83. The van der Waals surface area contributed by atoms with Crippen LogP contribution in [0.25, 0.3) is 16.8 Å². The second kappa shape index (κ2) is 7.86. The van der Waals surface area contributed by atoms with Gasteiger partial charge in [0, 0.05) is 17.2 Å². The van der Waals surface area contributed by atoms with E-state index >= 15 is 0 Å². The number of aromatic nitrogens is 5. The molecule has 3 aliphatic carbocycles. The molecule has 1 N–H and O–H groups in total. The third kappa shape index (κ3) is 3.32. The van der Waals surface area contributed by atoms with Gasteiger partial charge in [0.05, 0.1) is 22.7 Å². The van der Waals surface area contributed by atoms with E-state index in [9.17, 15) is 13.2 Å². The van der Waals surface area contributed by atoms with Crippen molar-refractivity contribution in [1.29, 1.82) is 5.26 Å². The predicted octanol–water partition coefficient (Wildman–Crippen LogP) is 3.00. The molecule has 1 aromatic carbocycles. The molecule has 0 spiro atoms. The van der Waals surface area contributed by atoms with E-state index in [1.54, 1.807) is 36.5 Å². The highest BCUT2D eigenvalue weighted by Gasteiger charge is 2.52. The van der Waals surface area contributed by atoms with Crippen LogP contribution in [0.3, 0.4) is 0 Å². The van der Waals surface area contributed by atoms with Crippen LogP contribution in [-0.2, 0) is 20.2 Å². The second-order valence-electron chi connectivity index (χ2n) is 10.1. The molecule has 2 bridgehead atoms. The lowest BCUT2D eigenvalue weighted by Gasteiger charge is -2.52. The summed E-state index contributed by atoms with van der Waals surface area (Å²) < 4.78 is 30.0. The molecule has 0 unspecified atom stereocenters. The van der Waals surface area contributed by atoms with Crippen molar-refractivity contribution in [3.8, 4) is 6.07 Å². The van der Waals surface area contributed by atoms with Gasteiger partial charge in [0.1, 0.15) is 12.2 Å². The minimum absolute atomic E-state index is 0.130. The van der Waals surface area contributed by atoms with Crippen molar-refractivity contribution in [2.45, 2.75) is 67.7 Å². The molecule has 3 aromatic heterocycles. The highest BCUT2D eigenvalue weighted by Crippen LogP contribution is 2.53. The number of rotatable bonds is 5. The molecular formula is C25H25N7O3S. The lowest BCUT2D eigenvalue weighted by atomic mass is 9.57. The van der Waals surface area contributed by atoms with E-state index in [-0.39, 0.29) is 28.2 Å². The first-order chi connectivity index (χ1) is 17.3. The van der Waals surface area contributed by atoms with Gasteiger partial charge in [0.2, 0.25) is 5.91 Å². The summed E-state index contributed by atoms with van der Waals surface area (Å²) in [5.74, 6) is 0.593. The molecule has 0 aliphatic heterocycles. The Labute approximate surface area is 208 Å². The lowest BCUT2D eigenvalue weighted by molar-refractivity contribution is -0.123. The van der Waals surface area contributed by atoms with Crippen molar-refractivity contribution >= 4 is 32.7 Å². The lowest BCUT2D eigenvalue weighted by Crippen LogP contribution is -2.58. The first-order valence-corrected chi connectivity index (χ1v) is 13.4. The standard InChI is InChI=1S/C25H25N7O3S/c1-17-2-4-18(5-3-17)36(34,35)31-15-7-19-22(31)27-16-20-29-30-23(32(19)20)24-8-11-25(12-9-24,13-10-24)28-21(33)6-14-26/h2-5,7,15-16H,6,8-13H2,1H3,(H,28,33). The van der Waals surface area contributed by atoms with Gasteiger partial charge in [-0.1, -0.05) is 17.7 Å². The maximum atomic E-state index is 13.4. The first kappa shape index (κ1) is 22.7. The largest absolute Gasteiger partial charge is 0.350 e. The van der Waals surface area contributed by atoms with Gasteiger partial charge in [-0.2, -0.15) is 5.26 Å². The highest BCUT2D eigenvalue weighted by atomic mass is 32.2. The fourth-order valence-electron chi connectivity index (χ4n) is 5.91. The number of nitrogens with zero attached hydrogens (tertiary/aromatic N) is 6. The smallest absolute Gasteiger partial charge is 0.269 e. The van der Waals surface area contributed by atoms with Gasteiger partial charge < -0.3 is 5.32 Å². The van der Waals surface area contributed by atoms with E-state index in [0.29, 0.717) is 16.8 Å². The molecule has 0 saturated heterocycles. The van der Waals surface area contributed by atoms with Gasteiger partial charge in [0.15, 0.2) is 11.3 Å². The van der Waals surface area contributed by atoms with Crippen molar-refractivity contribution in [2.24, 2.45) is 0 Å². The Hall–Kier alpha value is -3.78. The summed E-state index contributed by atoms with van der Waals surface area (Å²) in [6.07, 6.45) is 7.85. The van der Waals surface area contributed by atoms with E-state index < -0.39 is 10.0 Å². The number of carbonyl (C=O) groups excluding carboxylic acids is 1. The van der Waals surface area contributed by atoms with Crippen LogP contribution in [0.5, 0.6) is 0 Å². The van der Waals surface area contributed by atoms with Gasteiger partial charge >= 0.3 is 0 Å². The number of amides is 1. The van der Waals surface area contributed by atoms with Crippen molar-refractivity contribution < 1.29 is 13.2 Å². The summed E-state index contributed by atoms with van der Waals surface area (Å²) >= 11 is 0. The summed E-state index contributed by atoms with van der Waals surface area (Å²) in [5.41, 5.74) is 2.04. The third-order valence-corrected chi connectivity index (χ3v) is 9.66. The van der Waals surface area contributed by atoms with Crippen LogP contribution in [0.4, 0.5) is 0 Å². The number of carbonyl (C=O) groups is 1. The van der Waals surface area contributed by atoms with Gasteiger partial charge in [-0.3, -0.25) is 9.20 Å². The summed E-state index contributed by atoms with van der Waals surface area (Å²) in [4.78, 5) is 16.7. The Balaban J connectivity index is 1.40.